The summed E-state index contributed by atoms with van der Waals surface area (Å²) in [7, 11) is -3.92. The number of carbonyl (C=O) groups is 1. The van der Waals surface area contributed by atoms with Gasteiger partial charge in [-0.2, -0.15) is 9.40 Å². The van der Waals surface area contributed by atoms with Crippen LogP contribution in [-0.2, 0) is 20.2 Å². The Morgan fingerprint density at radius 2 is 1.67 bits per heavy atom. The topological polar surface area (TPSA) is 84.3 Å². The summed E-state index contributed by atoms with van der Waals surface area (Å²) < 4.78 is 30.3. The van der Waals surface area contributed by atoms with E-state index in [-0.39, 0.29) is 23.4 Å². The average Bonchev–Trinajstić information content (AvgIpc) is 3.32. The highest BCUT2D eigenvalue weighted by atomic mass is 35.5. The van der Waals surface area contributed by atoms with E-state index < -0.39 is 15.9 Å². The third-order valence-electron chi connectivity index (χ3n) is 6.52. The summed E-state index contributed by atoms with van der Waals surface area (Å²) in [5, 5.41) is 9.88. The Morgan fingerprint density at radius 1 is 0.974 bits per heavy atom. The van der Waals surface area contributed by atoms with Crippen molar-refractivity contribution in [3.63, 3.8) is 0 Å². The van der Waals surface area contributed by atoms with Gasteiger partial charge in [-0.3, -0.25) is 4.79 Å². The molecule has 0 saturated heterocycles. The number of anilines is 1. The lowest BCUT2D eigenvalue weighted by Crippen LogP contribution is -2.39. The number of hydrogen-bond acceptors (Lipinski definition) is 4. The summed E-state index contributed by atoms with van der Waals surface area (Å²) in [6.45, 7) is 8.07. The highest BCUT2D eigenvalue weighted by molar-refractivity contribution is 7.89. The molecular formula is C30H35ClN4O3S. The Morgan fingerprint density at radius 3 is 2.36 bits per heavy atom. The van der Waals surface area contributed by atoms with Gasteiger partial charge in [0.2, 0.25) is 15.9 Å². The summed E-state index contributed by atoms with van der Waals surface area (Å²) in [6, 6.07) is 21.7. The number of unbranched alkanes of at least 4 members (excludes halogenated alkanes) is 2. The highest BCUT2D eigenvalue weighted by Gasteiger charge is 2.28. The number of hydrogen-bond donors (Lipinski definition) is 1. The van der Waals surface area contributed by atoms with Crippen molar-refractivity contribution in [3.05, 3.63) is 83.5 Å². The summed E-state index contributed by atoms with van der Waals surface area (Å²) in [4.78, 5) is 13.6. The van der Waals surface area contributed by atoms with Crippen molar-refractivity contribution in [1.29, 1.82) is 0 Å². The van der Waals surface area contributed by atoms with Crippen LogP contribution in [0, 0.1) is 0 Å². The molecule has 1 heterocycles. The number of nitrogens with zero attached hydrogens (tertiary/aromatic N) is 3. The molecule has 7 nitrogen and oxygen atoms in total. The number of aromatic nitrogens is 2. The molecule has 1 N–H and O–H groups in total. The highest BCUT2D eigenvalue weighted by Crippen LogP contribution is 2.29. The normalized spacial score (nSPS) is 12.3. The maximum atomic E-state index is 13.7. The van der Waals surface area contributed by atoms with Crippen molar-refractivity contribution in [2.75, 3.05) is 18.4 Å². The summed E-state index contributed by atoms with van der Waals surface area (Å²) >= 11 is 6.45. The van der Waals surface area contributed by atoms with Crippen LogP contribution in [0.25, 0.3) is 16.5 Å². The van der Waals surface area contributed by atoms with E-state index in [1.165, 1.54) is 4.31 Å². The number of amides is 1. The second kappa shape index (κ2) is 11.9. The minimum absolute atomic E-state index is 0.168. The van der Waals surface area contributed by atoms with E-state index >= 15 is 0 Å². The number of rotatable bonds is 10. The maximum Gasteiger partial charge on any atom is 0.243 e. The lowest BCUT2D eigenvalue weighted by molar-refractivity contribution is -0.116. The van der Waals surface area contributed by atoms with E-state index in [4.69, 9.17) is 16.7 Å². The Labute approximate surface area is 235 Å². The van der Waals surface area contributed by atoms with Gasteiger partial charge in [-0.25, -0.2) is 13.1 Å². The first-order valence-electron chi connectivity index (χ1n) is 13.1. The molecule has 0 unspecified atom stereocenters. The van der Waals surface area contributed by atoms with Crippen LogP contribution in [0.3, 0.4) is 0 Å². The van der Waals surface area contributed by atoms with Crippen LogP contribution < -0.4 is 5.32 Å². The zero-order valence-electron chi connectivity index (χ0n) is 22.8. The van der Waals surface area contributed by atoms with Crippen LogP contribution in [0.15, 0.2) is 77.7 Å². The monoisotopic (exact) mass is 566 g/mol. The van der Waals surface area contributed by atoms with Crippen LogP contribution in [0.1, 0.15) is 52.7 Å². The van der Waals surface area contributed by atoms with Crippen molar-refractivity contribution in [2.45, 2.75) is 57.3 Å². The second-order valence-corrected chi connectivity index (χ2v) is 13.0. The van der Waals surface area contributed by atoms with E-state index in [1.807, 2.05) is 63.2 Å². The molecule has 9 heteroatoms. The molecule has 0 spiro atoms. The molecule has 39 heavy (non-hydrogen) atoms. The number of halogens is 1. The van der Waals surface area contributed by atoms with Crippen LogP contribution in [0.2, 0.25) is 5.02 Å². The first-order chi connectivity index (χ1) is 18.5. The SMILES string of the molecule is CCCCCN(CC(=O)Nc1cc(C(C)(C)C)nn1-c1ccccc1Cl)S(=O)(=O)c1ccc2ccccc2c1. The fraction of sp³-hybridized carbons (Fsp3) is 0.333. The number of benzene rings is 3. The zero-order chi connectivity index (χ0) is 28.2. The van der Waals surface area contributed by atoms with Gasteiger partial charge in [0.05, 0.1) is 27.8 Å². The smallest absolute Gasteiger partial charge is 0.243 e. The first kappa shape index (κ1) is 28.8. The van der Waals surface area contributed by atoms with Crippen molar-refractivity contribution >= 4 is 44.1 Å². The van der Waals surface area contributed by atoms with Crippen molar-refractivity contribution in [1.82, 2.24) is 14.1 Å². The van der Waals surface area contributed by atoms with Gasteiger partial charge in [0.15, 0.2) is 0 Å². The Balaban J connectivity index is 1.64. The fourth-order valence-electron chi connectivity index (χ4n) is 4.29. The van der Waals surface area contributed by atoms with Crippen LogP contribution in [-0.4, -0.2) is 41.5 Å². The average molecular weight is 567 g/mol. The molecule has 1 aromatic heterocycles. The molecule has 3 aromatic carbocycles. The molecule has 4 aromatic rings. The van der Waals surface area contributed by atoms with Gasteiger partial charge in [0.25, 0.3) is 0 Å². The summed E-state index contributed by atoms with van der Waals surface area (Å²) in [5.41, 5.74) is 1.10. The number of carbonyl (C=O) groups excluding carboxylic acids is 1. The molecule has 1 amide bonds. The predicted molar refractivity (Wildman–Crippen MR) is 158 cm³/mol. The van der Waals surface area contributed by atoms with Crippen molar-refractivity contribution in [2.24, 2.45) is 0 Å². The van der Waals surface area contributed by atoms with Gasteiger partial charge in [0, 0.05) is 18.0 Å². The minimum atomic E-state index is -3.92. The third-order valence-corrected chi connectivity index (χ3v) is 8.68. The van der Waals surface area contributed by atoms with Gasteiger partial charge < -0.3 is 5.32 Å². The maximum absolute atomic E-state index is 13.7. The van der Waals surface area contributed by atoms with E-state index in [0.29, 0.717) is 22.9 Å². The lowest BCUT2D eigenvalue weighted by atomic mass is 9.92. The molecule has 206 valence electrons. The quantitative estimate of drug-likeness (QED) is 0.214. The van der Waals surface area contributed by atoms with Gasteiger partial charge in [0.1, 0.15) is 5.82 Å². The Bertz CT molecular complexity index is 1570. The predicted octanol–water partition coefficient (Wildman–Crippen LogP) is 6.80. The van der Waals surface area contributed by atoms with Gasteiger partial charge in [-0.1, -0.05) is 94.6 Å². The van der Waals surface area contributed by atoms with E-state index in [9.17, 15) is 13.2 Å². The van der Waals surface area contributed by atoms with Gasteiger partial charge in [-0.05, 0) is 41.5 Å². The Hall–Kier alpha value is -3.20. The molecule has 0 aliphatic rings. The first-order valence-corrected chi connectivity index (χ1v) is 15.0. The number of fused-ring (bicyclic) bond motifs is 1. The molecule has 0 fully saturated rings. The number of sulfonamides is 1. The molecule has 0 radical (unpaired) electrons. The summed E-state index contributed by atoms with van der Waals surface area (Å²) in [5.74, 6) is -0.0286. The largest absolute Gasteiger partial charge is 0.309 e. The standard InChI is InChI=1S/C30H35ClN4O3S/c1-5-6-11-18-34(39(37,38)24-17-16-22-12-7-8-13-23(22)19-24)21-29(36)32-28-20-27(30(2,3)4)33-35(28)26-15-10-9-14-25(26)31/h7-10,12-17,19-20H,5-6,11,18,21H2,1-4H3,(H,32,36). The van der Waals surface area contributed by atoms with Crippen molar-refractivity contribution < 1.29 is 13.2 Å². The molecule has 0 saturated carbocycles. The van der Waals surface area contributed by atoms with Crippen LogP contribution >= 0.6 is 11.6 Å². The molecule has 4 rings (SSSR count). The molecule has 0 atom stereocenters. The number of nitrogens with one attached hydrogen (secondary N) is 1. The van der Waals surface area contributed by atoms with E-state index in [2.05, 4.69) is 12.2 Å². The number of para-hydroxylation sites is 1. The Kier molecular flexibility index (Phi) is 8.79. The van der Waals surface area contributed by atoms with Gasteiger partial charge >= 0.3 is 0 Å². The van der Waals surface area contributed by atoms with Crippen molar-refractivity contribution in [3.8, 4) is 5.69 Å². The summed E-state index contributed by atoms with van der Waals surface area (Å²) in [6.07, 6.45) is 2.45. The van der Waals surface area contributed by atoms with E-state index in [1.54, 1.807) is 35.0 Å². The third kappa shape index (κ3) is 6.69. The minimum Gasteiger partial charge on any atom is -0.309 e. The fourth-order valence-corrected chi connectivity index (χ4v) is 5.97. The molecular weight excluding hydrogens is 532 g/mol. The molecule has 0 aliphatic heterocycles. The van der Waals surface area contributed by atoms with Crippen LogP contribution in [0.4, 0.5) is 5.82 Å². The van der Waals surface area contributed by atoms with Gasteiger partial charge in [-0.15, -0.1) is 0 Å². The van der Waals surface area contributed by atoms with Crippen LogP contribution in [0.5, 0.6) is 0 Å². The zero-order valence-corrected chi connectivity index (χ0v) is 24.4. The van der Waals surface area contributed by atoms with E-state index in [0.717, 1.165) is 29.3 Å². The second-order valence-electron chi connectivity index (χ2n) is 10.6. The molecule has 0 aliphatic carbocycles. The molecule has 0 bridgehead atoms. The lowest BCUT2D eigenvalue weighted by Gasteiger charge is -2.22.